The van der Waals surface area contributed by atoms with E-state index in [0.29, 0.717) is 26.1 Å². The Balaban J connectivity index is 1.68. The van der Waals surface area contributed by atoms with Gasteiger partial charge in [-0.2, -0.15) is 0 Å². The summed E-state index contributed by atoms with van der Waals surface area (Å²) < 4.78 is 8.31. The van der Waals surface area contributed by atoms with Gasteiger partial charge in [-0.1, -0.05) is 50.3 Å². The van der Waals surface area contributed by atoms with Crippen LogP contribution >= 0.6 is 0 Å². The number of carbonyl (C=O) groups excluding carboxylic acids is 1. The average molecular weight is 420 g/mol. The molecule has 164 valence electrons. The second-order valence-corrected chi connectivity index (χ2v) is 7.67. The van der Waals surface area contributed by atoms with Crippen LogP contribution in [0.2, 0.25) is 0 Å². The fourth-order valence-corrected chi connectivity index (χ4v) is 3.88. The molecule has 1 aromatic heterocycles. The van der Waals surface area contributed by atoms with Gasteiger partial charge in [-0.25, -0.2) is 4.98 Å². The third-order valence-corrected chi connectivity index (χ3v) is 5.65. The lowest BCUT2D eigenvalue weighted by Gasteiger charge is -2.14. The third kappa shape index (κ3) is 5.75. The third-order valence-electron chi connectivity index (χ3n) is 5.65. The zero-order valence-corrected chi connectivity index (χ0v) is 18.6. The number of para-hydroxylation sites is 3. The summed E-state index contributed by atoms with van der Waals surface area (Å²) >= 11 is 0. The lowest BCUT2D eigenvalue weighted by Crippen LogP contribution is -2.32. The molecule has 0 unspecified atom stereocenters. The van der Waals surface area contributed by atoms with Crippen molar-refractivity contribution in [2.75, 3.05) is 13.2 Å². The van der Waals surface area contributed by atoms with Crippen LogP contribution in [-0.2, 0) is 24.2 Å². The summed E-state index contributed by atoms with van der Waals surface area (Å²) in [5.74, 6) is 2.08. The van der Waals surface area contributed by atoms with Crippen LogP contribution in [0.5, 0.6) is 5.75 Å². The van der Waals surface area contributed by atoms with Crippen molar-refractivity contribution in [3.05, 3.63) is 72.6 Å². The van der Waals surface area contributed by atoms with E-state index in [1.807, 2.05) is 42.5 Å². The Labute approximate surface area is 185 Å². The normalized spacial score (nSPS) is 11.1. The van der Waals surface area contributed by atoms with Gasteiger partial charge in [0.25, 0.3) is 0 Å². The molecule has 5 heteroatoms. The Morgan fingerprint density at radius 2 is 1.90 bits per heavy atom. The first-order valence-electron chi connectivity index (χ1n) is 11.2. The number of hydrogen-bond acceptors (Lipinski definition) is 3. The highest BCUT2D eigenvalue weighted by Crippen LogP contribution is 2.20. The van der Waals surface area contributed by atoms with Crippen molar-refractivity contribution in [1.82, 2.24) is 14.9 Å². The molecule has 0 saturated heterocycles. The fraction of sp³-hybridized carbons (Fsp3) is 0.385. The van der Waals surface area contributed by atoms with Gasteiger partial charge in [-0.3, -0.25) is 4.79 Å². The van der Waals surface area contributed by atoms with Crippen molar-refractivity contribution in [3.63, 3.8) is 0 Å². The predicted octanol–water partition coefficient (Wildman–Crippen LogP) is 4.94. The van der Waals surface area contributed by atoms with Gasteiger partial charge in [0.05, 0.1) is 17.6 Å². The molecule has 0 aliphatic heterocycles. The van der Waals surface area contributed by atoms with Crippen LogP contribution in [-0.4, -0.2) is 28.6 Å². The minimum atomic E-state index is 0.0860. The molecule has 0 spiro atoms. The van der Waals surface area contributed by atoms with Crippen molar-refractivity contribution in [3.8, 4) is 5.75 Å². The minimum absolute atomic E-state index is 0.0860. The molecular weight excluding hydrogens is 386 g/mol. The largest absolute Gasteiger partial charge is 0.491 e. The second-order valence-electron chi connectivity index (χ2n) is 7.67. The van der Waals surface area contributed by atoms with E-state index >= 15 is 0 Å². The molecule has 31 heavy (non-hydrogen) atoms. The number of fused-ring (bicyclic) bond motifs is 1. The number of rotatable bonds is 12. The van der Waals surface area contributed by atoms with Crippen molar-refractivity contribution in [2.45, 2.75) is 46.1 Å². The first-order valence-corrected chi connectivity index (χ1v) is 11.2. The maximum Gasteiger partial charge on any atom is 0.223 e. The Bertz CT molecular complexity index is 1000. The fourth-order valence-electron chi connectivity index (χ4n) is 3.88. The summed E-state index contributed by atoms with van der Waals surface area (Å²) in [4.78, 5) is 17.1. The number of allylic oxidation sites excluding steroid dienone is 1. The molecular formula is C26H33N3O2. The zero-order chi connectivity index (χ0) is 22.1. The van der Waals surface area contributed by atoms with Crippen molar-refractivity contribution >= 4 is 16.9 Å². The Hall–Kier alpha value is -3.08. The average Bonchev–Trinajstić information content (AvgIpc) is 3.13. The van der Waals surface area contributed by atoms with Gasteiger partial charge in [-0.05, 0) is 43.0 Å². The monoisotopic (exact) mass is 419 g/mol. The van der Waals surface area contributed by atoms with E-state index in [-0.39, 0.29) is 11.8 Å². The number of amides is 1. The molecule has 5 nitrogen and oxygen atoms in total. The number of nitrogens with one attached hydrogen (secondary N) is 1. The lowest BCUT2D eigenvalue weighted by molar-refractivity contribution is -0.125. The Kier molecular flexibility index (Phi) is 8.27. The maximum atomic E-state index is 12.3. The number of nitrogens with zero attached hydrogens (tertiary/aromatic N) is 2. The number of aromatic nitrogens is 2. The summed E-state index contributed by atoms with van der Waals surface area (Å²) in [5, 5.41) is 3.08. The van der Waals surface area contributed by atoms with Gasteiger partial charge in [0.1, 0.15) is 18.2 Å². The van der Waals surface area contributed by atoms with Crippen molar-refractivity contribution in [1.29, 1.82) is 0 Å². The molecule has 1 amide bonds. The van der Waals surface area contributed by atoms with Gasteiger partial charge >= 0.3 is 0 Å². The molecule has 0 aliphatic carbocycles. The van der Waals surface area contributed by atoms with Crippen LogP contribution in [0.15, 0.2) is 61.2 Å². The van der Waals surface area contributed by atoms with Crippen LogP contribution in [0.25, 0.3) is 11.0 Å². The molecule has 0 saturated carbocycles. The van der Waals surface area contributed by atoms with Crippen LogP contribution in [0.1, 0.15) is 38.1 Å². The summed E-state index contributed by atoms with van der Waals surface area (Å²) in [5.41, 5.74) is 3.19. The van der Waals surface area contributed by atoms with E-state index in [1.165, 1.54) is 0 Å². The van der Waals surface area contributed by atoms with E-state index in [1.54, 1.807) is 0 Å². The Morgan fingerprint density at radius 3 is 2.68 bits per heavy atom. The van der Waals surface area contributed by atoms with Gasteiger partial charge in [0, 0.05) is 18.9 Å². The number of benzene rings is 2. The van der Waals surface area contributed by atoms with Gasteiger partial charge in [0.15, 0.2) is 0 Å². The van der Waals surface area contributed by atoms with Crippen LogP contribution in [0.4, 0.5) is 0 Å². The van der Waals surface area contributed by atoms with E-state index in [2.05, 4.69) is 42.4 Å². The summed E-state index contributed by atoms with van der Waals surface area (Å²) in [6, 6.07) is 16.2. The number of hydrogen-bond donors (Lipinski definition) is 1. The second kappa shape index (κ2) is 11.3. The van der Waals surface area contributed by atoms with Gasteiger partial charge < -0.3 is 14.6 Å². The summed E-state index contributed by atoms with van der Waals surface area (Å²) in [7, 11) is 0. The number of imidazole rings is 1. The lowest BCUT2D eigenvalue weighted by atomic mass is 10.0. The highest BCUT2D eigenvalue weighted by Gasteiger charge is 2.15. The SMILES string of the molecule is C=CCc1ccccc1OCCn1c(CCNC(=O)C(CC)CC)nc2ccccc21. The molecule has 0 fully saturated rings. The smallest absolute Gasteiger partial charge is 0.223 e. The molecule has 0 aliphatic rings. The van der Waals surface area contributed by atoms with E-state index < -0.39 is 0 Å². The van der Waals surface area contributed by atoms with E-state index in [0.717, 1.165) is 47.4 Å². The van der Waals surface area contributed by atoms with E-state index in [4.69, 9.17) is 9.72 Å². The van der Waals surface area contributed by atoms with Crippen molar-refractivity contribution < 1.29 is 9.53 Å². The molecule has 1 N–H and O–H groups in total. The summed E-state index contributed by atoms with van der Waals surface area (Å²) in [6.07, 6.45) is 5.09. The highest BCUT2D eigenvalue weighted by atomic mass is 16.5. The first-order chi connectivity index (χ1) is 15.2. The molecule has 0 bridgehead atoms. The zero-order valence-electron chi connectivity index (χ0n) is 18.6. The molecule has 1 heterocycles. The quantitative estimate of drug-likeness (QED) is 0.423. The van der Waals surface area contributed by atoms with Crippen LogP contribution in [0.3, 0.4) is 0 Å². The highest BCUT2D eigenvalue weighted by molar-refractivity contribution is 5.78. The van der Waals surface area contributed by atoms with Crippen LogP contribution in [0, 0.1) is 5.92 Å². The minimum Gasteiger partial charge on any atom is -0.491 e. The van der Waals surface area contributed by atoms with Gasteiger partial charge in [-0.15, -0.1) is 6.58 Å². The molecule has 0 atom stereocenters. The Morgan fingerprint density at radius 1 is 1.16 bits per heavy atom. The summed E-state index contributed by atoms with van der Waals surface area (Å²) in [6.45, 7) is 9.76. The van der Waals surface area contributed by atoms with Gasteiger partial charge in [0.2, 0.25) is 5.91 Å². The number of carbonyl (C=O) groups is 1. The maximum absolute atomic E-state index is 12.3. The van der Waals surface area contributed by atoms with E-state index in [9.17, 15) is 4.79 Å². The molecule has 2 aromatic carbocycles. The topological polar surface area (TPSA) is 56.1 Å². The molecule has 0 radical (unpaired) electrons. The molecule has 3 rings (SSSR count). The molecule has 3 aromatic rings. The van der Waals surface area contributed by atoms with Crippen LogP contribution < -0.4 is 10.1 Å². The standard InChI is InChI=1S/C26H33N3O2/c1-4-11-21-12-7-10-15-24(21)31-19-18-29-23-14-9-8-13-22(23)28-25(29)16-17-27-26(30)20(5-2)6-3/h4,7-10,12-15,20H,1,5-6,11,16-19H2,2-3H3,(H,27,30). The number of ether oxygens (including phenoxy) is 1. The first kappa shape index (κ1) is 22.6. The van der Waals surface area contributed by atoms with Crippen molar-refractivity contribution in [2.24, 2.45) is 5.92 Å². The predicted molar refractivity (Wildman–Crippen MR) is 126 cm³/mol.